The van der Waals surface area contributed by atoms with Gasteiger partial charge in [-0.2, -0.15) is 5.10 Å². The molecule has 0 spiro atoms. The number of aryl methyl sites for hydroxylation is 2. The number of nitrogens with one attached hydrogen (secondary N) is 1. The van der Waals surface area contributed by atoms with E-state index in [0.29, 0.717) is 0 Å². The summed E-state index contributed by atoms with van der Waals surface area (Å²) in [4.78, 5) is 0. The van der Waals surface area contributed by atoms with Gasteiger partial charge in [0.15, 0.2) is 5.75 Å². The van der Waals surface area contributed by atoms with Crippen molar-refractivity contribution in [2.45, 2.75) is 46.2 Å². The Morgan fingerprint density at radius 2 is 2.14 bits per heavy atom. The van der Waals surface area contributed by atoms with Gasteiger partial charge in [-0.1, -0.05) is 13.8 Å². The first-order chi connectivity index (χ1) is 10.2. The van der Waals surface area contributed by atoms with Crippen LogP contribution in [0, 0.1) is 0 Å². The van der Waals surface area contributed by atoms with Crippen molar-refractivity contribution in [3.63, 3.8) is 0 Å². The van der Waals surface area contributed by atoms with Crippen LogP contribution in [0.5, 0.6) is 5.75 Å². The Morgan fingerprint density at radius 1 is 1.33 bits per heavy atom. The number of nitrogens with zero attached hydrogens (tertiary/aromatic N) is 2. The van der Waals surface area contributed by atoms with Crippen LogP contribution in [-0.2, 0) is 13.0 Å². The maximum Gasteiger partial charge on any atom is 0.162 e. The SMILES string of the molecule is CCCNC(c1ccc(CC)o1)c1c(OC)cnn1CC. The van der Waals surface area contributed by atoms with Crippen LogP contribution >= 0.6 is 0 Å². The molecule has 2 aromatic heterocycles. The predicted octanol–water partition coefficient (Wildman–Crippen LogP) is 3.16. The van der Waals surface area contributed by atoms with Gasteiger partial charge in [0.25, 0.3) is 0 Å². The van der Waals surface area contributed by atoms with Crippen molar-refractivity contribution >= 4 is 0 Å². The smallest absolute Gasteiger partial charge is 0.162 e. The number of hydrogen-bond acceptors (Lipinski definition) is 4. The minimum Gasteiger partial charge on any atom is -0.493 e. The van der Waals surface area contributed by atoms with Gasteiger partial charge < -0.3 is 14.5 Å². The molecule has 0 aliphatic carbocycles. The molecule has 0 aliphatic heterocycles. The van der Waals surface area contributed by atoms with Gasteiger partial charge in [-0.15, -0.1) is 0 Å². The van der Waals surface area contributed by atoms with Gasteiger partial charge in [-0.05, 0) is 32.0 Å². The van der Waals surface area contributed by atoms with Gasteiger partial charge >= 0.3 is 0 Å². The third-order valence-corrected chi connectivity index (χ3v) is 3.55. The van der Waals surface area contributed by atoms with Crippen molar-refractivity contribution < 1.29 is 9.15 Å². The minimum atomic E-state index is -0.0392. The average molecular weight is 291 g/mol. The fourth-order valence-electron chi connectivity index (χ4n) is 2.44. The molecule has 116 valence electrons. The molecular weight excluding hydrogens is 266 g/mol. The Morgan fingerprint density at radius 3 is 2.71 bits per heavy atom. The van der Waals surface area contributed by atoms with Crippen LogP contribution in [0.4, 0.5) is 0 Å². The number of ether oxygens (including phenoxy) is 1. The van der Waals surface area contributed by atoms with E-state index in [0.717, 1.165) is 48.9 Å². The zero-order chi connectivity index (χ0) is 15.2. The third kappa shape index (κ3) is 3.29. The van der Waals surface area contributed by atoms with Gasteiger partial charge in [0.2, 0.25) is 0 Å². The second kappa shape index (κ2) is 7.31. The Balaban J connectivity index is 2.41. The van der Waals surface area contributed by atoms with Crippen LogP contribution in [0.1, 0.15) is 50.4 Å². The normalized spacial score (nSPS) is 12.6. The van der Waals surface area contributed by atoms with Crippen molar-refractivity contribution in [3.05, 3.63) is 35.5 Å². The summed E-state index contributed by atoms with van der Waals surface area (Å²) >= 11 is 0. The van der Waals surface area contributed by atoms with Gasteiger partial charge in [0.05, 0.1) is 13.3 Å². The second-order valence-electron chi connectivity index (χ2n) is 4.96. The number of furan rings is 1. The highest BCUT2D eigenvalue weighted by molar-refractivity contribution is 5.33. The van der Waals surface area contributed by atoms with E-state index >= 15 is 0 Å². The number of methoxy groups -OCH3 is 1. The Kier molecular flexibility index (Phi) is 5.44. The van der Waals surface area contributed by atoms with E-state index < -0.39 is 0 Å². The number of aromatic nitrogens is 2. The fourth-order valence-corrected chi connectivity index (χ4v) is 2.44. The van der Waals surface area contributed by atoms with E-state index in [9.17, 15) is 0 Å². The summed E-state index contributed by atoms with van der Waals surface area (Å²) in [6.45, 7) is 8.02. The maximum absolute atomic E-state index is 5.96. The molecule has 2 rings (SSSR count). The van der Waals surface area contributed by atoms with Gasteiger partial charge in [-0.3, -0.25) is 4.68 Å². The number of rotatable bonds is 8. The van der Waals surface area contributed by atoms with E-state index in [1.807, 2.05) is 16.8 Å². The van der Waals surface area contributed by atoms with Crippen molar-refractivity contribution in [2.24, 2.45) is 0 Å². The molecule has 1 unspecified atom stereocenters. The van der Waals surface area contributed by atoms with Crippen molar-refractivity contribution in [1.82, 2.24) is 15.1 Å². The highest BCUT2D eigenvalue weighted by atomic mass is 16.5. The molecule has 0 saturated carbocycles. The van der Waals surface area contributed by atoms with E-state index in [1.54, 1.807) is 13.3 Å². The molecule has 0 saturated heterocycles. The second-order valence-corrected chi connectivity index (χ2v) is 4.96. The van der Waals surface area contributed by atoms with Crippen LogP contribution in [0.15, 0.2) is 22.7 Å². The molecule has 0 aliphatic rings. The molecule has 0 bridgehead atoms. The zero-order valence-corrected chi connectivity index (χ0v) is 13.3. The van der Waals surface area contributed by atoms with Crippen LogP contribution in [-0.4, -0.2) is 23.4 Å². The topological polar surface area (TPSA) is 52.2 Å². The standard InChI is InChI=1S/C16H25N3O2/c1-5-10-17-15(13-9-8-12(6-2)21-13)16-14(20-4)11-18-19(16)7-3/h8-9,11,15,17H,5-7,10H2,1-4H3. The van der Waals surface area contributed by atoms with Crippen molar-refractivity contribution in [1.29, 1.82) is 0 Å². The summed E-state index contributed by atoms with van der Waals surface area (Å²) < 4.78 is 13.4. The lowest BCUT2D eigenvalue weighted by molar-refractivity contribution is 0.376. The molecule has 1 atom stereocenters. The van der Waals surface area contributed by atoms with Crippen molar-refractivity contribution in [2.75, 3.05) is 13.7 Å². The summed E-state index contributed by atoms with van der Waals surface area (Å²) in [5, 5.41) is 7.94. The molecule has 0 fully saturated rings. The average Bonchev–Trinajstić information content (AvgIpc) is 3.14. The van der Waals surface area contributed by atoms with Crippen LogP contribution in [0.25, 0.3) is 0 Å². The Labute approximate surface area is 126 Å². The Bertz CT molecular complexity index is 538. The first-order valence-electron chi connectivity index (χ1n) is 7.66. The molecule has 5 heteroatoms. The van der Waals surface area contributed by atoms with E-state index in [1.165, 1.54) is 0 Å². The lowest BCUT2D eigenvalue weighted by atomic mass is 10.1. The highest BCUT2D eigenvalue weighted by Gasteiger charge is 2.25. The summed E-state index contributed by atoms with van der Waals surface area (Å²) in [6, 6.07) is 4.04. The zero-order valence-electron chi connectivity index (χ0n) is 13.3. The van der Waals surface area contributed by atoms with E-state index in [4.69, 9.17) is 9.15 Å². The summed E-state index contributed by atoms with van der Waals surface area (Å²) in [7, 11) is 1.68. The van der Waals surface area contributed by atoms with Gasteiger partial charge in [0, 0.05) is 13.0 Å². The Hall–Kier alpha value is -1.75. The van der Waals surface area contributed by atoms with E-state index in [-0.39, 0.29) is 6.04 Å². The van der Waals surface area contributed by atoms with Crippen LogP contribution < -0.4 is 10.1 Å². The van der Waals surface area contributed by atoms with Gasteiger partial charge in [0.1, 0.15) is 23.3 Å². The maximum atomic E-state index is 5.96. The molecule has 2 aromatic rings. The molecule has 0 amide bonds. The third-order valence-electron chi connectivity index (χ3n) is 3.55. The van der Waals surface area contributed by atoms with Crippen LogP contribution in [0.2, 0.25) is 0 Å². The monoisotopic (exact) mass is 291 g/mol. The highest BCUT2D eigenvalue weighted by Crippen LogP contribution is 2.31. The van der Waals surface area contributed by atoms with Crippen LogP contribution in [0.3, 0.4) is 0 Å². The number of hydrogen-bond donors (Lipinski definition) is 1. The predicted molar refractivity (Wildman–Crippen MR) is 82.7 cm³/mol. The molecular formula is C16H25N3O2. The van der Waals surface area contributed by atoms with Gasteiger partial charge in [-0.25, -0.2) is 0 Å². The lowest BCUT2D eigenvalue weighted by Crippen LogP contribution is -2.26. The molecule has 1 N–H and O–H groups in total. The molecule has 0 aromatic carbocycles. The molecule has 21 heavy (non-hydrogen) atoms. The molecule has 5 nitrogen and oxygen atoms in total. The molecule has 0 radical (unpaired) electrons. The molecule has 2 heterocycles. The largest absolute Gasteiger partial charge is 0.493 e. The lowest BCUT2D eigenvalue weighted by Gasteiger charge is -2.19. The quantitative estimate of drug-likeness (QED) is 0.811. The summed E-state index contributed by atoms with van der Waals surface area (Å²) in [5.74, 6) is 2.70. The first-order valence-corrected chi connectivity index (χ1v) is 7.66. The summed E-state index contributed by atoms with van der Waals surface area (Å²) in [5.41, 5.74) is 1.02. The minimum absolute atomic E-state index is 0.0392. The summed E-state index contributed by atoms with van der Waals surface area (Å²) in [6.07, 6.45) is 3.72. The fraction of sp³-hybridized carbons (Fsp3) is 0.562. The van der Waals surface area contributed by atoms with E-state index in [2.05, 4.69) is 31.2 Å². The first kappa shape index (κ1) is 15.6. The van der Waals surface area contributed by atoms with Crippen molar-refractivity contribution in [3.8, 4) is 5.75 Å².